The van der Waals surface area contributed by atoms with Crippen molar-refractivity contribution < 1.29 is 0 Å². The van der Waals surface area contributed by atoms with E-state index in [2.05, 4.69) is 15.3 Å². The van der Waals surface area contributed by atoms with Gasteiger partial charge in [0.05, 0.1) is 0 Å². The summed E-state index contributed by atoms with van der Waals surface area (Å²) in [5.74, 6) is 0.201. The second-order valence-electron chi connectivity index (χ2n) is 5.65. The van der Waals surface area contributed by atoms with Crippen LogP contribution in [0, 0.1) is 0 Å². The van der Waals surface area contributed by atoms with Crippen molar-refractivity contribution in [1.29, 1.82) is 0 Å². The van der Waals surface area contributed by atoms with E-state index in [0.29, 0.717) is 11.4 Å². The fraction of sp³-hybridized carbons (Fsp3) is 0.105. The van der Waals surface area contributed by atoms with E-state index in [-0.39, 0.29) is 5.84 Å². The van der Waals surface area contributed by atoms with Gasteiger partial charge in [-0.25, -0.2) is 9.79 Å². The van der Waals surface area contributed by atoms with Crippen LogP contribution in [0.15, 0.2) is 82.7 Å². The van der Waals surface area contributed by atoms with Gasteiger partial charge in [0.25, 0.3) is 0 Å². The SMILES string of the molecule is O=c1nc(Nc2ccccc2)ccn1/C(=N\C(Cl)c1ccccc1)C(Cl)(Cl)Cl. The van der Waals surface area contributed by atoms with Gasteiger partial charge in [-0.1, -0.05) is 94.9 Å². The van der Waals surface area contributed by atoms with Crippen molar-refractivity contribution in [1.82, 2.24) is 9.55 Å². The van der Waals surface area contributed by atoms with Crippen molar-refractivity contribution in [2.24, 2.45) is 4.99 Å². The molecular weight excluding hydrogens is 442 g/mol. The van der Waals surface area contributed by atoms with E-state index >= 15 is 0 Å². The molecule has 0 aliphatic carbocycles. The first-order valence-electron chi connectivity index (χ1n) is 8.11. The molecule has 3 aromatic rings. The number of benzene rings is 2. The van der Waals surface area contributed by atoms with Crippen molar-refractivity contribution >= 4 is 63.7 Å². The van der Waals surface area contributed by atoms with E-state index in [1.54, 1.807) is 18.2 Å². The molecule has 0 aliphatic heterocycles. The summed E-state index contributed by atoms with van der Waals surface area (Å²) in [6, 6.07) is 19.9. The quantitative estimate of drug-likeness (QED) is 0.243. The zero-order chi connectivity index (χ0) is 20.1. The molecule has 0 fully saturated rings. The Bertz CT molecular complexity index is 1020. The Morgan fingerprint density at radius 3 is 2.18 bits per heavy atom. The van der Waals surface area contributed by atoms with Gasteiger partial charge in [-0.05, 0) is 23.8 Å². The molecule has 0 saturated carbocycles. The largest absolute Gasteiger partial charge is 0.355 e. The first-order valence-corrected chi connectivity index (χ1v) is 9.68. The highest BCUT2D eigenvalue weighted by molar-refractivity contribution is 6.76. The summed E-state index contributed by atoms with van der Waals surface area (Å²) in [7, 11) is 0. The van der Waals surface area contributed by atoms with E-state index in [9.17, 15) is 4.79 Å². The molecule has 0 saturated heterocycles. The van der Waals surface area contributed by atoms with Crippen LogP contribution in [0.2, 0.25) is 0 Å². The fourth-order valence-corrected chi connectivity index (χ4v) is 3.03. The summed E-state index contributed by atoms with van der Waals surface area (Å²) in [4.78, 5) is 20.8. The highest BCUT2D eigenvalue weighted by atomic mass is 35.6. The zero-order valence-corrected chi connectivity index (χ0v) is 17.3. The molecule has 0 spiro atoms. The van der Waals surface area contributed by atoms with Gasteiger partial charge in [-0.2, -0.15) is 4.98 Å². The summed E-state index contributed by atoms with van der Waals surface area (Å²) in [5, 5.41) is 3.03. The maximum Gasteiger partial charge on any atom is 0.355 e. The molecular formula is C19H14Cl4N4O. The molecule has 3 rings (SSSR count). The second kappa shape index (κ2) is 8.97. The molecule has 5 nitrogen and oxygen atoms in total. The van der Waals surface area contributed by atoms with Crippen LogP contribution in [0.3, 0.4) is 0 Å². The Labute approximate surface area is 181 Å². The Morgan fingerprint density at radius 1 is 1.00 bits per heavy atom. The highest BCUT2D eigenvalue weighted by Gasteiger charge is 2.31. The lowest BCUT2D eigenvalue weighted by Crippen LogP contribution is -2.37. The Morgan fingerprint density at radius 2 is 1.61 bits per heavy atom. The minimum atomic E-state index is -1.98. The number of halogens is 4. The number of hydrogen-bond acceptors (Lipinski definition) is 4. The van der Waals surface area contributed by atoms with Gasteiger partial charge < -0.3 is 5.32 Å². The number of hydrogen-bond donors (Lipinski definition) is 1. The Hall–Kier alpha value is -2.05. The van der Waals surface area contributed by atoms with Crippen LogP contribution in [-0.2, 0) is 0 Å². The average Bonchev–Trinajstić information content (AvgIpc) is 2.67. The molecule has 1 N–H and O–H groups in total. The fourth-order valence-electron chi connectivity index (χ4n) is 2.37. The molecule has 2 aromatic carbocycles. The van der Waals surface area contributed by atoms with Crippen molar-refractivity contribution in [3.05, 3.63) is 89.0 Å². The number of rotatable bonds is 4. The maximum absolute atomic E-state index is 12.5. The van der Waals surface area contributed by atoms with Crippen molar-refractivity contribution in [3.8, 4) is 0 Å². The van der Waals surface area contributed by atoms with Crippen LogP contribution in [0.25, 0.3) is 0 Å². The second-order valence-corrected chi connectivity index (χ2v) is 8.35. The number of aromatic nitrogens is 2. The smallest absolute Gasteiger partial charge is 0.340 e. The van der Waals surface area contributed by atoms with Gasteiger partial charge in [-0.3, -0.25) is 4.57 Å². The highest BCUT2D eigenvalue weighted by Crippen LogP contribution is 2.32. The van der Waals surface area contributed by atoms with Crippen molar-refractivity contribution in [2.75, 3.05) is 5.32 Å². The molecule has 0 bridgehead atoms. The first kappa shape index (κ1) is 20.7. The third-order valence-corrected chi connectivity index (χ3v) is 4.50. The van der Waals surface area contributed by atoms with Crippen LogP contribution in [0.1, 0.15) is 11.1 Å². The van der Waals surface area contributed by atoms with Crippen LogP contribution < -0.4 is 11.0 Å². The van der Waals surface area contributed by atoms with Crippen LogP contribution in [0.4, 0.5) is 11.5 Å². The molecule has 1 heterocycles. The normalized spacial score (nSPS) is 13.2. The molecule has 0 aliphatic rings. The lowest BCUT2D eigenvalue weighted by atomic mass is 10.2. The number of nitrogens with zero attached hydrogens (tertiary/aromatic N) is 3. The maximum atomic E-state index is 12.5. The van der Waals surface area contributed by atoms with E-state index < -0.39 is 15.0 Å². The molecule has 144 valence electrons. The first-order chi connectivity index (χ1) is 13.3. The van der Waals surface area contributed by atoms with Gasteiger partial charge in [0.15, 0.2) is 11.3 Å². The molecule has 1 aromatic heterocycles. The Kier molecular flexibility index (Phi) is 6.62. The van der Waals surface area contributed by atoms with Crippen molar-refractivity contribution in [2.45, 2.75) is 9.29 Å². The standard InChI is InChI=1S/C19H14Cl4N4O/c20-16(13-7-3-1-4-8-13)26-17(19(21,22)23)27-12-11-15(25-18(27)28)24-14-9-5-2-6-10-14/h1-12,16H,(H,24,25,28)/b26-17-. The minimum Gasteiger partial charge on any atom is -0.340 e. The summed E-state index contributed by atoms with van der Waals surface area (Å²) in [6.07, 6.45) is 1.43. The number of anilines is 2. The third kappa shape index (κ3) is 5.26. The summed E-state index contributed by atoms with van der Waals surface area (Å²) in [5.41, 5.74) is -0.0320. The molecule has 0 radical (unpaired) electrons. The molecule has 28 heavy (non-hydrogen) atoms. The lowest BCUT2D eigenvalue weighted by molar-refractivity contribution is 0.908. The van der Waals surface area contributed by atoms with Crippen LogP contribution >= 0.6 is 46.4 Å². The van der Waals surface area contributed by atoms with Crippen molar-refractivity contribution in [3.63, 3.8) is 0 Å². The molecule has 1 unspecified atom stereocenters. The van der Waals surface area contributed by atoms with E-state index in [1.807, 2.05) is 48.5 Å². The summed E-state index contributed by atoms with van der Waals surface area (Å²) in [6.45, 7) is 0. The van der Waals surface area contributed by atoms with Gasteiger partial charge in [0, 0.05) is 11.9 Å². The monoisotopic (exact) mass is 454 g/mol. The topological polar surface area (TPSA) is 59.3 Å². The summed E-state index contributed by atoms with van der Waals surface area (Å²) < 4.78 is -0.927. The van der Waals surface area contributed by atoms with E-state index in [0.717, 1.165) is 10.3 Å². The van der Waals surface area contributed by atoms with E-state index in [4.69, 9.17) is 46.4 Å². The Balaban J connectivity index is 1.95. The molecule has 9 heteroatoms. The van der Waals surface area contributed by atoms with Gasteiger partial charge in [0.2, 0.25) is 3.79 Å². The number of nitrogens with one attached hydrogen (secondary N) is 1. The summed E-state index contributed by atoms with van der Waals surface area (Å²) >= 11 is 24.5. The van der Waals surface area contributed by atoms with Crippen LogP contribution in [0.5, 0.6) is 0 Å². The molecule has 0 amide bonds. The predicted octanol–water partition coefficient (Wildman–Crippen LogP) is 5.54. The van der Waals surface area contributed by atoms with Crippen LogP contribution in [-0.4, -0.2) is 19.2 Å². The van der Waals surface area contributed by atoms with E-state index in [1.165, 1.54) is 6.20 Å². The lowest BCUT2D eigenvalue weighted by Gasteiger charge is -2.18. The molecule has 1 atom stereocenters. The number of para-hydroxylation sites is 1. The third-order valence-electron chi connectivity index (χ3n) is 3.64. The minimum absolute atomic E-state index is 0.148. The predicted molar refractivity (Wildman–Crippen MR) is 116 cm³/mol. The number of alkyl halides is 4. The van der Waals surface area contributed by atoms with Gasteiger partial charge in [0.1, 0.15) is 5.82 Å². The van der Waals surface area contributed by atoms with Gasteiger partial charge >= 0.3 is 5.69 Å². The zero-order valence-electron chi connectivity index (χ0n) is 14.3. The van der Waals surface area contributed by atoms with Gasteiger partial charge in [-0.15, -0.1) is 0 Å². The average molecular weight is 456 g/mol. The number of aliphatic imine (C=N–C) groups is 1.